The Labute approximate surface area is 118 Å². The summed E-state index contributed by atoms with van der Waals surface area (Å²) in [6.07, 6.45) is 3.12. The van der Waals surface area contributed by atoms with Crippen LogP contribution in [0.3, 0.4) is 0 Å². The summed E-state index contributed by atoms with van der Waals surface area (Å²) in [5, 5.41) is 12.3. The number of aryl methyl sites for hydroxylation is 2. The van der Waals surface area contributed by atoms with Crippen molar-refractivity contribution in [1.82, 2.24) is 5.32 Å². The largest absolute Gasteiger partial charge is 0.481 e. The number of carbonyl (C=O) groups is 2. The lowest BCUT2D eigenvalue weighted by Gasteiger charge is -2.39. The van der Waals surface area contributed by atoms with Crippen molar-refractivity contribution in [3.8, 4) is 0 Å². The number of carbonyl (C=O) groups excluding carboxylic acids is 1. The summed E-state index contributed by atoms with van der Waals surface area (Å²) in [6, 6.07) is 1.69. The third-order valence-corrected chi connectivity index (χ3v) is 4.19. The third kappa shape index (κ3) is 2.71. The van der Waals surface area contributed by atoms with Crippen LogP contribution >= 0.6 is 0 Å². The minimum absolute atomic E-state index is 0.255. The van der Waals surface area contributed by atoms with Crippen LogP contribution in [-0.2, 0) is 4.79 Å². The van der Waals surface area contributed by atoms with E-state index in [9.17, 15) is 14.7 Å². The molecule has 0 saturated heterocycles. The zero-order valence-electron chi connectivity index (χ0n) is 12.2. The first-order valence-corrected chi connectivity index (χ1v) is 6.96. The highest BCUT2D eigenvalue weighted by Crippen LogP contribution is 2.34. The van der Waals surface area contributed by atoms with Crippen LogP contribution in [-0.4, -0.2) is 22.5 Å². The molecule has 0 spiro atoms. The summed E-state index contributed by atoms with van der Waals surface area (Å²) >= 11 is 0. The van der Waals surface area contributed by atoms with Gasteiger partial charge in [-0.1, -0.05) is 12.8 Å². The van der Waals surface area contributed by atoms with Gasteiger partial charge in [0.15, 0.2) is 0 Å². The van der Waals surface area contributed by atoms with Crippen LogP contribution in [0.15, 0.2) is 10.5 Å². The van der Waals surface area contributed by atoms with Gasteiger partial charge in [0.25, 0.3) is 5.91 Å². The van der Waals surface area contributed by atoms with Gasteiger partial charge in [-0.05, 0) is 39.7 Å². The molecule has 5 nitrogen and oxygen atoms in total. The van der Waals surface area contributed by atoms with Crippen LogP contribution in [0.1, 0.15) is 54.5 Å². The molecular formula is C15H21NO4. The Morgan fingerprint density at radius 3 is 2.65 bits per heavy atom. The number of carboxylic acid groups (broad SMARTS) is 1. The number of hydrogen-bond donors (Lipinski definition) is 2. The molecular weight excluding hydrogens is 258 g/mol. The van der Waals surface area contributed by atoms with Gasteiger partial charge in [-0.2, -0.15) is 0 Å². The maximum absolute atomic E-state index is 12.4. The van der Waals surface area contributed by atoms with E-state index in [0.717, 1.165) is 12.8 Å². The van der Waals surface area contributed by atoms with Gasteiger partial charge >= 0.3 is 5.97 Å². The predicted octanol–water partition coefficient (Wildman–Crippen LogP) is 2.66. The predicted molar refractivity (Wildman–Crippen MR) is 73.6 cm³/mol. The topological polar surface area (TPSA) is 79.5 Å². The van der Waals surface area contributed by atoms with Gasteiger partial charge in [0, 0.05) is 0 Å². The standard InChI is InChI=1S/C15H21NO4/c1-9-8-11(10(2)20-9)13(17)16-15(3)7-5-4-6-12(15)14(18)19/h8,12H,4-7H2,1-3H3,(H,16,17)(H,18,19). The summed E-state index contributed by atoms with van der Waals surface area (Å²) in [5.74, 6) is -0.390. The highest BCUT2D eigenvalue weighted by molar-refractivity contribution is 5.96. The molecule has 2 unspecified atom stereocenters. The third-order valence-electron chi connectivity index (χ3n) is 4.19. The zero-order chi connectivity index (χ0) is 14.9. The molecule has 2 N–H and O–H groups in total. The first-order chi connectivity index (χ1) is 9.33. The van der Waals surface area contributed by atoms with Crippen LogP contribution in [0.5, 0.6) is 0 Å². The summed E-state index contributed by atoms with van der Waals surface area (Å²) in [4.78, 5) is 23.7. The molecule has 20 heavy (non-hydrogen) atoms. The molecule has 0 radical (unpaired) electrons. The van der Waals surface area contributed by atoms with Crippen LogP contribution in [0, 0.1) is 19.8 Å². The van der Waals surface area contributed by atoms with Crippen molar-refractivity contribution >= 4 is 11.9 Å². The molecule has 1 aliphatic carbocycles. The summed E-state index contributed by atoms with van der Waals surface area (Å²) in [7, 11) is 0. The maximum Gasteiger partial charge on any atom is 0.308 e. The number of carboxylic acids is 1. The van der Waals surface area contributed by atoms with Crippen molar-refractivity contribution in [3.05, 3.63) is 23.2 Å². The lowest BCUT2D eigenvalue weighted by Crippen LogP contribution is -2.55. The second-order valence-corrected chi connectivity index (χ2v) is 5.84. The van der Waals surface area contributed by atoms with Gasteiger partial charge in [-0.25, -0.2) is 0 Å². The van der Waals surface area contributed by atoms with E-state index >= 15 is 0 Å². The molecule has 1 amide bonds. The molecule has 1 heterocycles. The second-order valence-electron chi connectivity index (χ2n) is 5.84. The number of rotatable bonds is 3. The highest BCUT2D eigenvalue weighted by atomic mass is 16.4. The van der Waals surface area contributed by atoms with Gasteiger partial charge < -0.3 is 14.8 Å². The minimum Gasteiger partial charge on any atom is -0.481 e. The zero-order valence-corrected chi connectivity index (χ0v) is 12.2. The second kappa shape index (κ2) is 5.31. The Balaban J connectivity index is 2.20. The SMILES string of the molecule is Cc1cc(C(=O)NC2(C)CCCCC2C(=O)O)c(C)o1. The maximum atomic E-state index is 12.4. The number of hydrogen-bond acceptors (Lipinski definition) is 3. The number of amides is 1. The summed E-state index contributed by atoms with van der Waals surface area (Å²) in [5.41, 5.74) is -0.211. The van der Waals surface area contributed by atoms with Crippen LogP contribution in [0.2, 0.25) is 0 Å². The van der Waals surface area contributed by atoms with E-state index in [-0.39, 0.29) is 5.91 Å². The first kappa shape index (κ1) is 14.6. The van der Waals surface area contributed by atoms with Gasteiger partial charge in [0.05, 0.1) is 17.0 Å². The fourth-order valence-electron chi connectivity index (χ4n) is 3.06. The van der Waals surface area contributed by atoms with E-state index in [4.69, 9.17) is 4.42 Å². The van der Waals surface area contributed by atoms with Crippen molar-refractivity contribution in [2.75, 3.05) is 0 Å². The summed E-state index contributed by atoms with van der Waals surface area (Å²) in [6.45, 7) is 5.34. The number of nitrogens with one attached hydrogen (secondary N) is 1. The Bertz CT molecular complexity index is 534. The Morgan fingerprint density at radius 2 is 2.10 bits per heavy atom. The Morgan fingerprint density at radius 1 is 1.40 bits per heavy atom. The fourth-order valence-corrected chi connectivity index (χ4v) is 3.06. The molecule has 0 aromatic carbocycles. The van der Waals surface area contributed by atoms with Gasteiger partial charge in [-0.15, -0.1) is 0 Å². The smallest absolute Gasteiger partial charge is 0.308 e. The Kier molecular flexibility index (Phi) is 3.88. The minimum atomic E-state index is -0.840. The van der Waals surface area contributed by atoms with Crippen molar-refractivity contribution in [1.29, 1.82) is 0 Å². The van der Waals surface area contributed by atoms with E-state index in [1.807, 2.05) is 6.92 Å². The van der Waals surface area contributed by atoms with Crippen molar-refractivity contribution in [3.63, 3.8) is 0 Å². The van der Waals surface area contributed by atoms with E-state index < -0.39 is 17.4 Å². The lowest BCUT2D eigenvalue weighted by atomic mass is 9.73. The van der Waals surface area contributed by atoms with Crippen molar-refractivity contribution in [2.24, 2.45) is 5.92 Å². The number of furan rings is 1. The van der Waals surface area contributed by atoms with Crippen LogP contribution < -0.4 is 5.32 Å². The molecule has 0 bridgehead atoms. The average molecular weight is 279 g/mol. The molecule has 5 heteroatoms. The van der Waals surface area contributed by atoms with E-state index in [2.05, 4.69) is 5.32 Å². The van der Waals surface area contributed by atoms with Gasteiger partial charge in [0.2, 0.25) is 0 Å². The molecule has 2 atom stereocenters. The van der Waals surface area contributed by atoms with Crippen molar-refractivity contribution < 1.29 is 19.1 Å². The molecule has 1 aliphatic rings. The summed E-state index contributed by atoms with van der Waals surface area (Å²) < 4.78 is 5.35. The van der Waals surface area contributed by atoms with Crippen LogP contribution in [0.4, 0.5) is 0 Å². The van der Waals surface area contributed by atoms with Gasteiger partial charge in [-0.3, -0.25) is 9.59 Å². The molecule has 1 saturated carbocycles. The fraction of sp³-hybridized carbons (Fsp3) is 0.600. The monoisotopic (exact) mass is 279 g/mol. The Hall–Kier alpha value is -1.78. The molecule has 110 valence electrons. The molecule has 1 aromatic rings. The normalized spacial score (nSPS) is 26.2. The van der Waals surface area contributed by atoms with E-state index in [1.54, 1.807) is 19.9 Å². The highest BCUT2D eigenvalue weighted by Gasteiger charge is 2.42. The van der Waals surface area contributed by atoms with Crippen LogP contribution in [0.25, 0.3) is 0 Å². The van der Waals surface area contributed by atoms with E-state index in [1.165, 1.54) is 0 Å². The molecule has 1 fully saturated rings. The molecule has 1 aromatic heterocycles. The van der Waals surface area contributed by atoms with E-state index in [0.29, 0.717) is 29.9 Å². The average Bonchev–Trinajstić information content (AvgIpc) is 2.68. The molecule has 2 rings (SSSR count). The molecule has 0 aliphatic heterocycles. The first-order valence-electron chi connectivity index (χ1n) is 6.96. The quantitative estimate of drug-likeness (QED) is 0.891. The number of aliphatic carboxylic acids is 1. The lowest BCUT2D eigenvalue weighted by molar-refractivity contribution is -0.145. The van der Waals surface area contributed by atoms with Gasteiger partial charge in [0.1, 0.15) is 11.5 Å². The van der Waals surface area contributed by atoms with Crippen molar-refractivity contribution in [2.45, 2.75) is 52.0 Å².